The first-order valence-corrected chi connectivity index (χ1v) is 7.15. The largest absolute Gasteiger partial charge is 0.290 e. The van der Waals surface area contributed by atoms with Gasteiger partial charge in [0.25, 0.3) is 5.56 Å². The van der Waals surface area contributed by atoms with E-state index in [0.29, 0.717) is 11.1 Å². The minimum Gasteiger partial charge on any atom is -0.290 e. The fourth-order valence-electron chi connectivity index (χ4n) is 1.25. The second-order valence-corrected chi connectivity index (χ2v) is 6.16. The number of nitrogens with zero attached hydrogens (tertiary/aromatic N) is 2. The zero-order chi connectivity index (χ0) is 11.7. The van der Waals surface area contributed by atoms with Crippen LogP contribution in [0.5, 0.6) is 0 Å². The smallest absolute Gasteiger partial charge is 0.262 e. The van der Waals surface area contributed by atoms with E-state index in [2.05, 4.69) is 27.5 Å². The molecule has 0 aliphatic heterocycles. The molecule has 2 aromatic heterocycles. The minimum absolute atomic E-state index is 0.00827. The van der Waals surface area contributed by atoms with Gasteiger partial charge in [-0.1, -0.05) is 34.3 Å². The van der Waals surface area contributed by atoms with E-state index < -0.39 is 0 Å². The van der Waals surface area contributed by atoms with Crippen molar-refractivity contribution in [3.05, 3.63) is 32.9 Å². The molecule has 3 nitrogen and oxygen atoms in total. The van der Waals surface area contributed by atoms with Crippen molar-refractivity contribution in [2.75, 3.05) is 5.75 Å². The van der Waals surface area contributed by atoms with E-state index >= 15 is 0 Å². The first-order valence-electron chi connectivity index (χ1n) is 4.50. The highest BCUT2D eigenvalue weighted by atomic mass is 79.9. The van der Waals surface area contributed by atoms with E-state index in [9.17, 15) is 4.79 Å². The maximum absolute atomic E-state index is 11.9. The Bertz CT molecular complexity index is 602. The van der Waals surface area contributed by atoms with Crippen LogP contribution in [0.1, 0.15) is 0 Å². The Hall–Kier alpha value is -0.590. The summed E-state index contributed by atoms with van der Waals surface area (Å²) in [5.41, 5.74) is 0.00827. The number of halogens is 1. The van der Waals surface area contributed by atoms with Crippen LogP contribution in [0.15, 0.2) is 32.5 Å². The highest BCUT2D eigenvalue weighted by molar-refractivity contribution is 9.11. The number of hydrogen-bond donors (Lipinski definition) is 0. The molecule has 0 aliphatic carbocycles. The van der Waals surface area contributed by atoms with E-state index in [4.69, 9.17) is 0 Å². The third-order valence-corrected chi connectivity index (χ3v) is 4.60. The molecule has 6 heteroatoms. The van der Waals surface area contributed by atoms with Gasteiger partial charge in [0, 0.05) is 12.8 Å². The molecule has 0 atom stereocenters. The molecule has 0 fully saturated rings. The lowest BCUT2D eigenvalue weighted by Gasteiger charge is -2.05. The Labute approximate surface area is 109 Å². The standard InChI is InChI=1S/C10H9BrN2OS2/c1-6(11)5-16-10-12-8-7(3-4-15-8)9(14)13(10)2/h3-4H,1,5H2,2H3. The van der Waals surface area contributed by atoms with Gasteiger partial charge in [-0.25, -0.2) is 4.98 Å². The number of rotatable bonds is 3. The lowest BCUT2D eigenvalue weighted by Crippen LogP contribution is -2.19. The van der Waals surface area contributed by atoms with Crippen molar-refractivity contribution >= 4 is 49.2 Å². The van der Waals surface area contributed by atoms with E-state index in [1.807, 2.05) is 11.4 Å². The van der Waals surface area contributed by atoms with Crippen LogP contribution >= 0.6 is 39.0 Å². The highest BCUT2D eigenvalue weighted by Gasteiger charge is 2.09. The summed E-state index contributed by atoms with van der Waals surface area (Å²) in [6.45, 7) is 3.76. The molecule has 0 aromatic carbocycles. The van der Waals surface area contributed by atoms with Crippen LogP contribution in [0.4, 0.5) is 0 Å². The first kappa shape index (κ1) is 11.9. The number of hydrogen-bond acceptors (Lipinski definition) is 4. The molecule has 16 heavy (non-hydrogen) atoms. The van der Waals surface area contributed by atoms with Crippen molar-refractivity contribution in [2.24, 2.45) is 7.05 Å². The van der Waals surface area contributed by atoms with Crippen molar-refractivity contribution in [2.45, 2.75) is 5.16 Å². The quantitative estimate of drug-likeness (QED) is 0.645. The normalized spacial score (nSPS) is 10.9. The monoisotopic (exact) mass is 316 g/mol. The average Bonchev–Trinajstić information content (AvgIpc) is 2.69. The van der Waals surface area contributed by atoms with Crippen LogP contribution in [-0.4, -0.2) is 15.3 Å². The molecule has 2 aromatic rings. The fraction of sp³-hybridized carbons (Fsp3) is 0.200. The molecule has 0 amide bonds. The Morgan fingerprint density at radius 3 is 3.19 bits per heavy atom. The molecular formula is C10H9BrN2OS2. The Morgan fingerprint density at radius 1 is 1.75 bits per heavy atom. The Morgan fingerprint density at radius 2 is 2.50 bits per heavy atom. The molecule has 0 bridgehead atoms. The zero-order valence-corrected chi connectivity index (χ0v) is 11.8. The van der Waals surface area contributed by atoms with Gasteiger partial charge in [0.05, 0.1) is 5.39 Å². The summed E-state index contributed by atoms with van der Waals surface area (Å²) < 4.78 is 2.47. The van der Waals surface area contributed by atoms with Crippen LogP contribution in [0.25, 0.3) is 10.2 Å². The van der Waals surface area contributed by atoms with E-state index in [0.717, 1.165) is 14.5 Å². The molecule has 0 aliphatic rings. The summed E-state index contributed by atoms with van der Waals surface area (Å²) in [4.78, 5) is 17.2. The first-order chi connectivity index (χ1) is 7.59. The number of aromatic nitrogens is 2. The maximum Gasteiger partial charge on any atom is 0.262 e. The van der Waals surface area contributed by atoms with Crippen LogP contribution < -0.4 is 5.56 Å². The second kappa shape index (κ2) is 4.73. The van der Waals surface area contributed by atoms with Crippen molar-refractivity contribution in [1.29, 1.82) is 0 Å². The Balaban J connectivity index is 2.49. The van der Waals surface area contributed by atoms with Gasteiger partial charge in [-0.3, -0.25) is 9.36 Å². The van der Waals surface area contributed by atoms with Crippen LogP contribution in [0, 0.1) is 0 Å². The van der Waals surface area contributed by atoms with Crippen molar-refractivity contribution < 1.29 is 0 Å². The van der Waals surface area contributed by atoms with E-state index in [1.165, 1.54) is 23.1 Å². The topological polar surface area (TPSA) is 34.9 Å². The van der Waals surface area contributed by atoms with Gasteiger partial charge in [0.1, 0.15) is 4.83 Å². The molecule has 2 rings (SSSR count). The fourth-order valence-corrected chi connectivity index (χ4v) is 3.13. The summed E-state index contributed by atoms with van der Waals surface area (Å²) in [6.07, 6.45) is 0. The molecule has 0 unspecified atom stereocenters. The maximum atomic E-state index is 11.9. The molecule has 84 valence electrons. The van der Waals surface area contributed by atoms with Gasteiger partial charge in [-0.15, -0.1) is 11.3 Å². The SMILES string of the molecule is C=C(Br)CSc1nc2sccc2c(=O)n1C. The van der Waals surface area contributed by atoms with Crippen molar-refractivity contribution in [1.82, 2.24) is 9.55 Å². The highest BCUT2D eigenvalue weighted by Crippen LogP contribution is 2.22. The lowest BCUT2D eigenvalue weighted by atomic mass is 10.4. The molecular weight excluding hydrogens is 308 g/mol. The predicted octanol–water partition coefficient (Wildman–Crippen LogP) is 3.00. The molecule has 0 spiro atoms. The molecule has 0 saturated heterocycles. The zero-order valence-electron chi connectivity index (χ0n) is 8.57. The number of thioether (sulfide) groups is 1. The van der Waals surface area contributed by atoms with Gasteiger partial charge >= 0.3 is 0 Å². The van der Waals surface area contributed by atoms with Crippen molar-refractivity contribution in [3.63, 3.8) is 0 Å². The van der Waals surface area contributed by atoms with Crippen LogP contribution in [0.2, 0.25) is 0 Å². The van der Waals surface area contributed by atoms with Gasteiger partial charge in [0.2, 0.25) is 0 Å². The summed E-state index contributed by atoms with van der Waals surface area (Å²) in [5, 5.41) is 3.30. The summed E-state index contributed by atoms with van der Waals surface area (Å²) in [5.74, 6) is 0.706. The van der Waals surface area contributed by atoms with Gasteiger partial charge in [-0.05, 0) is 15.9 Å². The summed E-state index contributed by atoms with van der Waals surface area (Å²) in [6, 6.07) is 1.81. The van der Waals surface area contributed by atoms with E-state index in [1.54, 1.807) is 11.6 Å². The van der Waals surface area contributed by atoms with Crippen LogP contribution in [-0.2, 0) is 7.05 Å². The predicted molar refractivity (Wildman–Crippen MR) is 73.7 cm³/mol. The molecule has 0 N–H and O–H groups in total. The average molecular weight is 317 g/mol. The third kappa shape index (κ3) is 2.23. The summed E-state index contributed by atoms with van der Waals surface area (Å²) in [7, 11) is 1.74. The minimum atomic E-state index is 0.00827. The van der Waals surface area contributed by atoms with Gasteiger partial charge in [-0.2, -0.15) is 0 Å². The molecule has 0 radical (unpaired) electrons. The molecule has 2 heterocycles. The van der Waals surface area contributed by atoms with E-state index in [-0.39, 0.29) is 5.56 Å². The van der Waals surface area contributed by atoms with Crippen LogP contribution in [0.3, 0.4) is 0 Å². The Kier molecular flexibility index (Phi) is 3.51. The molecule has 0 saturated carbocycles. The van der Waals surface area contributed by atoms with Gasteiger partial charge < -0.3 is 0 Å². The second-order valence-electron chi connectivity index (χ2n) is 3.20. The van der Waals surface area contributed by atoms with Crippen molar-refractivity contribution in [3.8, 4) is 0 Å². The number of thiophene rings is 1. The lowest BCUT2D eigenvalue weighted by molar-refractivity contribution is 0.728. The van der Waals surface area contributed by atoms with Gasteiger partial charge in [0.15, 0.2) is 5.16 Å². The third-order valence-electron chi connectivity index (χ3n) is 2.02. The summed E-state index contributed by atoms with van der Waals surface area (Å²) >= 11 is 6.28. The number of fused-ring (bicyclic) bond motifs is 1.